The molecule has 0 atom stereocenters. The van der Waals surface area contributed by atoms with Crippen LogP contribution in [-0.4, -0.2) is 19.3 Å². The molecule has 0 spiro atoms. The number of halogens is 1. The van der Waals surface area contributed by atoms with Gasteiger partial charge in [-0.2, -0.15) is 4.31 Å². The summed E-state index contributed by atoms with van der Waals surface area (Å²) in [6.07, 6.45) is 1.46. The number of nitrogen functional groups attached to an aromatic ring is 1. The van der Waals surface area contributed by atoms with Crippen molar-refractivity contribution in [3.63, 3.8) is 0 Å². The zero-order valence-electron chi connectivity index (χ0n) is 10.9. The first-order valence-corrected chi connectivity index (χ1v) is 7.46. The van der Waals surface area contributed by atoms with Gasteiger partial charge in [0, 0.05) is 12.2 Å². The molecule has 0 saturated carbocycles. The van der Waals surface area contributed by atoms with Crippen LogP contribution < -0.4 is 5.73 Å². The molecule has 0 radical (unpaired) electrons. The van der Waals surface area contributed by atoms with Gasteiger partial charge >= 0.3 is 0 Å². The maximum atomic E-state index is 13.8. The number of nitrogens with zero attached hydrogens (tertiary/aromatic N) is 1. The minimum Gasteiger partial charge on any atom is -0.468 e. The van der Waals surface area contributed by atoms with Crippen molar-refractivity contribution < 1.29 is 17.2 Å². The van der Waals surface area contributed by atoms with Crippen LogP contribution in [0.3, 0.4) is 0 Å². The minimum absolute atomic E-state index is 0.0512. The first kappa shape index (κ1) is 14.5. The molecule has 0 aliphatic rings. The fourth-order valence-electron chi connectivity index (χ4n) is 1.81. The highest BCUT2D eigenvalue weighted by Gasteiger charge is 2.27. The molecule has 1 heterocycles. The molecule has 5 nitrogen and oxygen atoms in total. The van der Waals surface area contributed by atoms with E-state index in [0.717, 1.165) is 10.4 Å². The van der Waals surface area contributed by atoms with Gasteiger partial charge in [-0.1, -0.05) is 6.92 Å². The Morgan fingerprint density at radius 2 is 2.10 bits per heavy atom. The van der Waals surface area contributed by atoms with Crippen LogP contribution in [-0.2, 0) is 16.6 Å². The van der Waals surface area contributed by atoms with E-state index in [1.165, 1.54) is 18.4 Å². The number of furan rings is 1. The van der Waals surface area contributed by atoms with Gasteiger partial charge in [-0.15, -0.1) is 0 Å². The fourth-order valence-corrected chi connectivity index (χ4v) is 3.27. The lowest BCUT2D eigenvalue weighted by molar-refractivity contribution is 0.373. The zero-order valence-corrected chi connectivity index (χ0v) is 11.7. The van der Waals surface area contributed by atoms with Crippen molar-refractivity contribution in [2.45, 2.75) is 18.4 Å². The molecule has 0 saturated heterocycles. The van der Waals surface area contributed by atoms with E-state index in [4.69, 9.17) is 10.2 Å². The summed E-state index contributed by atoms with van der Waals surface area (Å²) in [5.74, 6) is -0.367. The average molecular weight is 298 g/mol. The zero-order chi connectivity index (χ0) is 14.8. The second-order valence-corrected chi connectivity index (χ2v) is 6.11. The average Bonchev–Trinajstić information content (AvgIpc) is 2.88. The van der Waals surface area contributed by atoms with Crippen LogP contribution in [0.2, 0.25) is 0 Å². The Bertz CT molecular complexity index is 684. The summed E-state index contributed by atoms with van der Waals surface area (Å²) in [5, 5.41) is 0. The Labute approximate surface area is 116 Å². The van der Waals surface area contributed by atoms with Crippen LogP contribution >= 0.6 is 0 Å². The first-order chi connectivity index (χ1) is 9.45. The van der Waals surface area contributed by atoms with Gasteiger partial charge in [-0.3, -0.25) is 0 Å². The summed E-state index contributed by atoms with van der Waals surface area (Å²) in [6, 6.07) is 6.85. The van der Waals surface area contributed by atoms with Gasteiger partial charge in [0.1, 0.15) is 16.5 Å². The van der Waals surface area contributed by atoms with Crippen molar-refractivity contribution in [2.75, 3.05) is 12.3 Å². The first-order valence-electron chi connectivity index (χ1n) is 6.02. The largest absolute Gasteiger partial charge is 0.468 e. The standard InChI is InChI=1S/C13H15FN2O3S/c1-2-16(9-11-4-3-7-19-11)20(17,18)13-6-5-10(15)8-12(13)14/h3-8H,2,9,15H2,1H3. The number of hydrogen-bond acceptors (Lipinski definition) is 4. The van der Waals surface area contributed by atoms with Crippen LogP contribution in [0.25, 0.3) is 0 Å². The van der Waals surface area contributed by atoms with Gasteiger partial charge < -0.3 is 10.2 Å². The summed E-state index contributed by atoms with van der Waals surface area (Å²) in [6.45, 7) is 1.93. The highest BCUT2D eigenvalue weighted by atomic mass is 32.2. The lowest BCUT2D eigenvalue weighted by Crippen LogP contribution is -2.31. The van der Waals surface area contributed by atoms with Gasteiger partial charge in [-0.05, 0) is 30.3 Å². The van der Waals surface area contributed by atoms with Crippen molar-refractivity contribution in [1.29, 1.82) is 0 Å². The third-order valence-corrected chi connectivity index (χ3v) is 4.79. The Morgan fingerprint density at radius 3 is 2.65 bits per heavy atom. The third kappa shape index (κ3) is 2.83. The molecule has 1 aromatic carbocycles. The van der Waals surface area contributed by atoms with Crippen LogP contribution in [0.15, 0.2) is 45.9 Å². The Morgan fingerprint density at radius 1 is 1.35 bits per heavy atom. The predicted octanol–water partition coefficient (Wildman–Crippen LogP) is 2.21. The number of rotatable bonds is 5. The molecule has 7 heteroatoms. The molecule has 2 N–H and O–H groups in total. The molecular weight excluding hydrogens is 283 g/mol. The van der Waals surface area contributed by atoms with E-state index in [9.17, 15) is 12.8 Å². The van der Waals surface area contributed by atoms with Crippen molar-refractivity contribution in [3.05, 3.63) is 48.2 Å². The molecule has 2 rings (SSSR count). The molecule has 0 bridgehead atoms. The predicted molar refractivity (Wildman–Crippen MR) is 72.8 cm³/mol. The van der Waals surface area contributed by atoms with Crippen LogP contribution in [0.1, 0.15) is 12.7 Å². The molecule has 0 fully saturated rings. The molecule has 0 aliphatic heterocycles. The maximum absolute atomic E-state index is 13.8. The van der Waals surface area contributed by atoms with E-state index in [2.05, 4.69) is 0 Å². The Hall–Kier alpha value is -1.86. The number of nitrogens with two attached hydrogens (primary N) is 1. The van der Waals surface area contributed by atoms with Gasteiger partial charge in [0.05, 0.1) is 12.8 Å². The SMILES string of the molecule is CCN(Cc1ccco1)S(=O)(=O)c1ccc(N)cc1F. The lowest BCUT2D eigenvalue weighted by Gasteiger charge is -2.19. The fraction of sp³-hybridized carbons (Fsp3) is 0.231. The second-order valence-electron chi connectivity index (χ2n) is 4.20. The number of hydrogen-bond donors (Lipinski definition) is 1. The maximum Gasteiger partial charge on any atom is 0.246 e. The van der Waals surface area contributed by atoms with Crippen LogP contribution in [0.4, 0.5) is 10.1 Å². The number of sulfonamides is 1. The van der Waals surface area contributed by atoms with Gasteiger partial charge in [0.2, 0.25) is 10.0 Å². The van der Waals surface area contributed by atoms with Gasteiger partial charge in [-0.25, -0.2) is 12.8 Å². The molecule has 1 aromatic heterocycles. The monoisotopic (exact) mass is 298 g/mol. The molecular formula is C13H15FN2O3S. The quantitative estimate of drug-likeness (QED) is 0.859. The summed E-state index contributed by atoms with van der Waals surface area (Å²) in [4.78, 5) is -0.389. The van der Waals surface area contributed by atoms with E-state index >= 15 is 0 Å². The van der Waals surface area contributed by atoms with Crippen molar-refractivity contribution in [3.8, 4) is 0 Å². The van der Waals surface area contributed by atoms with Crippen LogP contribution in [0, 0.1) is 5.82 Å². The number of benzene rings is 1. The van der Waals surface area contributed by atoms with Crippen molar-refractivity contribution >= 4 is 15.7 Å². The van der Waals surface area contributed by atoms with E-state index in [-0.39, 0.29) is 23.7 Å². The summed E-state index contributed by atoms with van der Waals surface area (Å²) < 4.78 is 44.9. The molecule has 20 heavy (non-hydrogen) atoms. The summed E-state index contributed by atoms with van der Waals surface area (Å²) in [7, 11) is -3.93. The topological polar surface area (TPSA) is 76.5 Å². The highest BCUT2D eigenvalue weighted by molar-refractivity contribution is 7.89. The van der Waals surface area contributed by atoms with Crippen molar-refractivity contribution in [1.82, 2.24) is 4.31 Å². The molecule has 2 aromatic rings. The molecule has 0 unspecified atom stereocenters. The highest BCUT2D eigenvalue weighted by Crippen LogP contribution is 2.22. The smallest absolute Gasteiger partial charge is 0.246 e. The molecule has 108 valence electrons. The minimum atomic E-state index is -3.93. The van der Waals surface area contributed by atoms with Crippen LogP contribution in [0.5, 0.6) is 0 Å². The molecule has 0 amide bonds. The Balaban J connectivity index is 2.36. The van der Waals surface area contributed by atoms with Gasteiger partial charge in [0.25, 0.3) is 0 Å². The van der Waals surface area contributed by atoms with E-state index in [1.807, 2.05) is 0 Å². The summed E-state index contributed by atoms with van der Waals surface area (Å²) >= 11 is 0. The van der Waals surface area contributed by atoms with E-state index < -0.39 is 15.8 Å². The van der Waals surface area contributed by atoms with E-state index in [1.54, 1.807) is 19.1 Å². The summed E-state index contributed by atoms with van der Waals surface area (Å²) in [5.41, 5.74) is 5.60. The van der Waals surface area contributed by atoms with Crippen molar-refractivity contribution in [2.24, 2.45) is 0 Å². The van der Waals surface area contributed by atoms with E-state index in [0.29, 0.717) is 5.76 Å². The third-order valence-electron chi connectivity index (χ3n) is 2.84. The normalized spacial score (nSPS) is 11.9. The lowest BCUT2D eigenvalue weighted by atomic mass is 10.3. The van der Waals surface area contributed by atoms with Gasteiger partial charge in [0.15, 0.2) is 0 Å². The molecule has 0 aliphatic carbocycles. The number of anilines is 1. The second kappa shape index (κ2) is 5.64. The Kier molecular flexibility index (Phi) is 4.10.